The van der Waals surface area contributed by atoms with Crippen LogP contribution < -0.4 is 5.32 Å². The summed E-state index contributed by atoms with van der Waals surface area (Å²) in [5, 5.41) is 12.9. The molecule has 0 radical (unpaired) electrons. The van der Waals surface area contributed by atoms with Crippen molar-refractivity contribution in [2.45, 2.75) is 19.3 Å². The first-order chi connectivity index (χ1) is 10.1. The fraction of sp³-hybridized carbons (Fsp3) is 0.375. The number of rotatable bonds is 3. The third-order valence-corrected chi connectivity index (χ3v) is 5.81. The van der Waals surface area contributed by atoms with Crippen molar-refractivity contribution in [1.29, 1.82) is 0 Å². The van der Waals surface area contributed by atoms with Crippen molar-refractivity contribution in [3.8, 4) is 0 Å². The number of anilines is 1. The molecular formula is C16H15NO3S. The highest BCUT2D eigenvalue weighted by Gasteiger charge is 2.56. The predicted octanol–water partition coefficient (Wildman–Crippen LogP) is 3.58. The van der Waals surface area contributed by atoms with Gasteiger partial charge in [-0.05, 0) is 54.3 Å². The van der Waals surface area contributed by atoms with Gasteiger partial charge in [0.2, 0.25) is 5.91 Å². The Labute approximate surface area is 125 Å². The first-order valence-corrected chi connectivity index (χ1v) is 8.03. The zero-order valence-electron chi connectivity index (χ0n) is 11.3. The van der Waals surface area contributed by atoms with E-state index in [4.69, 9.17) is 5.11 Å². The molecule has 108 valence electrons. The molecule has 0 bridgehead atoms. The van der Waals surface area contributed by atoms with Gasteiger partial charge in [-0.25, -0.2) is 4.79 Å². The molecule has 2 aliphatic rings. The van der Waals surface area contributed by atoms with Crippen LogP contribution in [-0.4, -0.2) is 17.0 Å². The van der Waals surface area contributed by atoms with E-state index in [-0.39, 0.29) is 11.8 Å². The summed E-state index contributed by atoms with van der Waals surface area (Å²) in [6.45, 7) is 0. The molecule has 4 rings (SSSR count). The zero-order chi connectivity index (χ0) is 14.6. The SMILES string of the molecule is O=C(O)c1cc2cc(NC(=O)C3C4CCCC43)ccc2s1. The van der Waals surface area contributed by atoms with Crippen LogP contribution in [0.5, 0.6) is 0 Å². The molecule has 2 aromatic rings. The molecule has 1 aromatic carbocycles. The second kappa shape index (κ2) is 4.56. The molecule has 4 nitrogen and oxygen atoms in total. The molecule has 2 N–H and O–H groups in total. The molecule has 1 amide bonds. The predicted molar refractivity (Wildman–Crippen MR) is 81.7 cm³/mol. The van der Waals surface area contributed by atoms with Gasteiger partial charge in [-0.2, -0.15) is 0 Å². The number of carbonyl (C=O) groups is 2. The van der Waals surface area contributed by atoms with Crippen LogP contribution in [0.2, 0.25) is 0 Å². The highest BCUT2D eigenvalue weighted by atomic mass is 32.1. The summed E-state index contributed by atoms with van der Waals surface area (Å²) < 4.78 is 0.925. The van der Waals surface area contributed by atoms with E-state index in [1.54, 1.807) is 6.07 Å². The number of nitrogens with one attached hydrogen (secondary N) is 1. The Morgan fingerprint density at radius 1 is 1.19 bits per heavy atom. The molecule has 2 fully saturated rings. The summed E-state index contributed by atoms with van der Waals surface area (Å²) in [6.07, 6.45) is 3.64. The van der Waals surface area contributed by atoms with Crippen molar-refractivity contribution in [2.24, 2.45) is 17.8 Å². The molecule has 1 heterocycles. The smallest absolute Gasteiger partial charge is 0.345 e. The monoisotopic (exact) mass is 301 g/mol. The lowest BCUT2D eigenvalue weighted by Crippen LogP contribution is -2.16. The molecule has 0 spiro atoms. The van der Waals surface area contributed by atoms with Gasteiger partial charge in [0.15, 0.2) is 0 Å². The van der Waals surface area contributed by atoms with Crippen LogP contribution in [0.15, 0.2) is 24.3 Å². The standard InChI is InChI=1S/C16H15NO3S/c18-15(14-10-2-1-3-11(10)14)17-9-4-5-12-8(6-9)7-13(21-12)16(19)20/h4-7,10-11,14H,1-3H2,(H,17,18)(H,19,20). The number of thiophene rings is 1. The Morgan fingerprint density at radius 2 is 1.95 bits per heavy atom. The number of aromatic carboxylic acids is 1. The second-order valence-electron chi connectivity index (χ2n) is 5.94. The fourth-order valence-corrected chi connectivity index (χ4v) is 4.54. The lowest BCUT2D eigenvalue weighted by Gasteiger charge is -2.06. The average molecular weight is 301 g/mol. The third kappa shape index (κ3) is 2.12. The first kappa shape index (κ1) is 12.8. The molecule has 0 saturated heterocycles. The molecule has 0 aliphatic heterocycles. The summed E-state index contributed by atoms with van der Waals surface area (Å²) >= 11 is 1.25. The zero-order valence-corrected chi connectivity index (χ0v) is 12.2. The molecule has 2 saturated carbocycles. The summed E-state index contributed by atoms with van der Waals surface area (Å²) in [7, 11) is 0. The highest BCUT2D eigenvalue weighted by molar-refractivity contribution is 7.20. The van der Waals surface area contributed by atoms with Gasteiger partial charge >= 0.3 is 5.97 Å². The minimum Gasteiger partial charge on any atom is -0.477 e. The number of carboxylic acids is 1. The summed E-state index contributed by atoms with van der Waals surface area (Å²) in [4.78, 5) is 23.5. The summed E-state index contributed by atoms with van der Waals surface area (Å²) in [5.74, 6) is 0.624. The van der Waals surface area contributed by atoms with Crippen molar-refractivity contribution in [3.63, 3.8) is 0 Å². The van der Waals surface area contributed by atoms with E-state index >= 15 is 0 Å². The lowest BCUT2D eigenvalue weighted by molar-refractivity contribution is -0.118. The van der Waals surface area contributed by atoms with Crippen LogP contribution in [0.25, 0.3) is 10.1 Å². The summed E-state index contributed by atoms with van der Waals surface area (Å²) in [6, 6.07) is 7.23. The van der Waals surface area contributed by atoms with E-state index in [1.807, 2.05) is 18.2 Å². The van der Waals surface area contributed by atoms with E-state index in [9.17, 15) is 9.59 Å². The van der Waals surface area contributed by atoms with Crippen LogP contribution in [0.3, 0.4) is 0 Å². The number of carboxylic acid groups (broad SMARTS) is 1. The summed E-state index contributed by atoms with van der Waals surface area (Å²) in [5.41, 5.74) is 0.757. The highest BCUT2D eigenvalue weighted by Crippen LogP contribution is 2.57. The van der Waals surface area contributed by atoms with Crippen LogP contribution in [0.4, 0.5) is 5.69 Å². The minimum atomic E-state index is -0.910. The fourth-order valence-electron chi connectivity index (χ4n) is 3.66. The normalized spacial score (nSPS) is 26.6. The molecule has 2 unspecified atom stereocenters. The van der Waals surface area contributed by atoms with E-state index in [0.717, 1.165) is 15.8 Å². The van der Waals surface area contributed by atoms with Crippen LogP contribution in [0, 0.1) is 17.8 Å². The van der Waals surface area contributed by atoms with Gasteiger partial charge < -0.3 is 10.4 Å². The van der Waals surface area contributed by atoms with Gasteiger partial charge in [0.25, 0.3) is 0 Å². The number of benzene rings is 1. The number of carbonyl (C=O) groups excluding carboxylic acids is 1. The quantitative estimate of drug-likeness (QED) is 0.910. The van der Waals surface area contributed by atoms with E-state index in [1.165, 1.54) is 30.6 Å². The second-order valence-corrected chi connectivity index (χ2v) is 7.03. The van der Waals surface area contributed by atoms with Crippen molar-refractivity contribution in [3.05, 3.63) is 29.1 Å². The Kier molecular flexibility index (Phi) is 2.79. The maximum absolute atomic E-state index is 12.2. The molecule has 2 atom stereocenters. The van der Waals surface area contributed by atoms with Crippen LogP contribution in [-0.2, 0) is 4.79 Å². The van der Waals surface area contributed by atoms with Crippen molar-refractivity contribution in [1.82, 2.24) is 0 Å². The van der Waals surface area contributed by atoms with Gasteiger partial charge in [-0.1, -0.05) is 6.42 Å². The van der Waals surface area contributed by atoms with Gasteiger partial charge in [0.05, 0.1) is 0 Å². The van der Waals surface area contributed by atoms with Gasteiger partial charge in [-0.15, -0.1) is 11.3 Å². The van der Waals surface area contributed by atoms with E-state index in [2.05, 4.69) is 5.32 Å². The molecular weight excluding hydrogens is 286 g/mol. The van der Waals surface area contributed by atoms with Crippen molar-refractivity contribution >= 4 is 39.0 Å². The van der Waals surface area contributed by atoms with Gasteiger partial charge in [0, 0.05) is 16.3 Å². The average Bonchev–Trinajstić information content (AvgIpc) is 2.83. The van der Waals surface area contributed by atoms with Gasteiger partial charge in [0.1, 0.15) is 4.88 Å². The number of hydrogen-bond donors (Lipinski definition) is 2. The minimum absolute atomic E-state index is 0.123. The largest absolute Gasteiger partial charge is 0.477 e. The maximum atomic E-state index is 12.2. The molecule has 21 heavy (non-hydrogen) atoms. The lowest BCUT2D eigenvalue weighted by atomic mass is 10.1. The van der Waals surface area contributed by atoms with E-state index < -0.39 is 5.97 Å². The molecule has 2 aliphatic carbocycles. The van der Waals surface area contributed by atoms with Gasteiger partial charge in [-0.3, -0.25) is 4.79 Å². The van der Waals surface area contributed by atoms with Crippen molar-refractivity contribution < 1.29 is 14.7 Å². The third-order valence-electron chi connectivity index (χ3n) is 4.70. The number of fused-ring (bicyclic) bond motifs is 2. The number of hydrogen-bond acceptors (Lipinski definition) is 3. The topological polar surface area (TPSA) is 66.4 Å². The Hall–Kier alpha value is -1.88. The maximum Gasteiger partial charge on any atom is 0.345 e. The van der Waals surface area contributed by atoms with Crippen LogP contribution in [0.1, 0.15) is 28.9 Å². The Balaban J connectivity index is 1.53. The Morgan fingerprint density at radius 3 is 2.67 bits per heavy atom. The Bertz CT molecular complexity index is 741. The molecule has 5 heteroatoms. The molecule has 1 aromatic heterocycles. The van der Waals surface area contributed by atoms with E-state index in [0.29, 0.717) is 16.7 Å². The number of amides is 1. The first-order valence-electron chi connectivity index (χ1n) is 7.21. The van der Waals surface area contributed by atoms with Crippen LogP contribution >= 0.6 is 11.3 Å². The van der Waals surface area contributed by atoms with Crippen molar-refractivity contribution in [2.75, 3.05) is 5.32 Å².